The van der Waals surface area contributed by atoms with Gasteiger partial charge < -0.3 is 14.6 Å². The van der Waals surface area contributed by atoms with E-state index in [4.69, 9.17) is 9.84 Å². The molecule has 0 spiro atoms. The predicted octanol–water partition coefficient (Wildman–Crippen LogP) is 0.999. The molecule has 1 saturated heterocycles. The number of aliphatic hydroxyl groups excluding tert-OH is 1. The summed E-state index contributed by atoms with van der Waals surface area (Å²) < 4.78 is 5.53. The Morgan fingerprint density at radius 2 is 2.23 bits per heavy atom. The number of ether oxygens (including phenoxy) is 1. The maximum absolute atomic E-state index is 11.2. The van der Waals surface area contributed by atoms with Gasteiger partial charge in [-0.25, -0.2) is 0 Å². The minimum atomic E-state index is -0.512. The summed E-state index contributed by atoms with van der Waals surface area (Å²) in [6, 6.07) is 0. The average molecular weight is 186 g/mol. The van der Waals surface area contributed by atoms with Gasteiger partial charge in [0.1, 0.15) is 6.29 Å². The SMILES string of the molecule is CC(CO)C1(C=O)CCOC1(C)C. The van der Waals surface area contributed by atoms with Crippen molar-refractivity contribution in [1.82, 2.24) is 0 Å². The molecule has 13 heavy (non-hydrogen) atoms. The Balaban J connectivity index is 2.98. The predicted molar refractivity (Wildman–Crippen MR) is 49.4 cm³/mol. The molecular formula is C10H18O3. The highest BCUT2D eigenvalue weighted by Gasteiger charge is 2.53. The molecule has 1 heterocycles. The number of carbonyl (C=O) groups is 1. The maximum Gasteiger partial charge on any atom is 0.129 e. The molecule has 0 aromatic rings. The summed E-state index contributed by atoms with van der Waals surface area (Å²) >= 11 is 0. The zero-order valence-electron chi connectivity index (χ0n) is 8.54. The summed E-state index contributed by atoms with van der Waals surface area (Å²) in [4.78, 5) is 11.2. The highest BCUT2D eigenvalue weighted by molar-refractivity contribution is 5.63. The topological polar surface area (TPSA) is 46.5 Å². The summed E-state index contributed by atoms with van der Waals surface area (Å²) in [5.41, 5.74) is -0.960. The Kier molecular flexibility index (Phi) is 2.78. The van der Waals surface area contributed by atoms with Crippen molar-refractivity contribution >= 4 is 6.29 Å². The molecule has 1 fully saturated rings. The Bertz CT molecular complexity index is 200. The normalized spacial score (nSPS) is 34.5. The van der Waals surface area contributed by atoms with E-state index in [-0.39, 0.29) is 12.5 Å². The fraction of sp³-hybridized carbons (Fsp3) is 0.900. The van der Waals surface area contributed by atoms with E-state index in [1.54, 1.807) is 0 Å². The molecule has 1 N–H and O–H groups in total. The second-order valence-electron chi connectivity index (χ2n) is 4.35. The third-order valence-corrected chi connectivity index (χ3v) is 3.46. The fourth-order valence-corrected chi connectivity index (χ4v) is 2.23. The number of aliphatic hydroxyl groups is 1. The van der Waals surface area contributed by atoms with Crippen molar-refractivity contribution in [3.05, 3.63) is 0 Å². The van der Waals surface area contributed by atoms with Gasteiger partial charge in [0.25, 0.3) is 0 Å². The van der Waals surface area contributed by atoms with E-state index in [1.807, 2.05) is 20.8 Å². The molecule has 0 aromatic carbocycles. The van der Waals surface area contributed by atoms with Gasteiger partial charge in [-0.15, -0.1) is 0 Å². The standard InChI is InChI=1S/C10H18O3/c1-8(6-11)10(7-12)4-5-13-9(10,2)3/h7-8,11H,4-6H2,1-3H3. The second kappa shape index (κ2) is 3.39. The van der Waals surface area contributed by atoms with Gasteiger partial charge in [0.2, 0.25) is 0 Å². The molecule has 2 unspecified atom stereocenters. The van der Waals surface area contributed by atoms with Crippen molar-refractivity contribution in [2.24, 2.45) is 11.3 Å². The van der Waals surface area contributed by atoms with Crippen molar-refractivity contribution in [3.8, 4) is 0 Å². The third-order valence-electron chi connectivity index (χ3n) is 3.46. The first-order valence-electron chi connectivity index (χ1n) is 4.71. The average Bonchev–Trinajstić information content (AvgIpc) is 2.40. The molecule has 76 valence electrons. The van der Waals surface area contributed by atoms with Gasteiger partial charge in [0, 0.05) is 13.2 Å². The lowest BCUT2D eigenvalue weighted by atomic mass is 9.66. The van der Waals surface area contributed by atoms with Crippen LogP contribution in [-0.2, 0) is 9.53 Å². The van der Waals surface area contributed by atoms with Gasteiger partial charge in [-0.05, 0) is 26.2 Å². The summed E-state index contributed by atoms with van der Waals surface area (Å²) in [6.45, 7) is 6.37. The molecule has 3 nitrogen and oxygen atoms in total. The van der Waals surface area contributed by atoms with Crippen molar-refractivity contribution in [3.63, 3.8) is 0 Å². The van der Waals surface area contributed by atoms with Crippen LogP contribution in [0.1, 0.15) is 27.2 Å². The third kappa shape index (κ3) is 1.40. The summed E-state index contributed by atoms with van der Waals surface area (Å²) in [6.07, 6.45) is 1.67. The fourth-order valence-electron chi connectivity index (χ4n) is 2.23. The van der Waals surface area contributed by atoms with E-state index in [9.17, 15) is 4.79 Å². The van der Waals surface area contributed by atoms with E-state index in [0.29, 0.717) is 13.0 Å². The molecule has 1 rings (SSSR count). The molecule has 3 heteroatoms. The number of hydrogen-bond donors (Lipinski definition) is 1. The van der Waals surface area contributed by atoms with Crippen LogP contribution in [0.2, 0.25) is 0 Å². The van der Waals surface area contributed by atoms with Gasteiger partial charge >= 0.3 is 0 Å². The van der Waals surface area contributed by atoms with Crippen LogP contribution in [0.15, 0.2) is 0 Å². The minimum absolute atomic E-state index is 0.0333. The van der Waals surface area contributed by atoms with Crippen LogP contribution in [0, 0.1) is 11.3 Å². The Morgan fingerprint density at radius 1 is 1.62 bits per heavy atom. The monoisotopic (exact) mass is 186 g/mol. The van der Waals surface area contributed by atoms with Gasteiger partial charge in [-0.2, -0.15) is 0 Å². The van der Waals surface area contributed by atoms with Gasteiger partial charge in [-0.1, -0.05) is 6.92 Å². The van der Waals surface area contributed by atoms with Crippen LogP contribution in [0.5, 0.6) is 0 Å². The molecule has 2 atom stereocenters. The van der Waals surface area contributed by atoms with Crippen LogP contribution in [0.3, 0.4) is 0 Å². The smallest absolute Gasteiger partial charge is 0.129 e. The van der Waals surface area contributed by atoms with Crippen LogP contribution >= 0.6 is 0 Å². The lowest BCUT2D eigenvalue weighted by Crippen LogP contribution is -2.47. The molecule has 0 amide bonds. The molecular weight excluding hydrogens is 168 g/mol. The van der Waals surface area contributed by atoms with Crippen molar-refractivity contribution in [2.45, 2.75) is 32.8 Å². The summed E-state index contributed by atoms with van der Waals surface area (Å²) in [5, 5.41) is 9.11. The molecule has 0 aliphatic carbocycles. The van der Waals surface area contributed by atoms with Crippen LogP contribution in [-0.4, -0.2) is 30.2 Å². The van der Waals surface area contributed by atoms with Gasteiger partial charge in [-0.3, -0.25) is 0 Å². The summed E-state index contributed by atoms with van der Waals surface area (Å²) in [5.74, 6) is -0.0394. The van der Waals surface area contributed by atoms with Crippen LogP contribution in [0.25, 0.3) is 0 Å². The van der Waals surface area contributed by atoms with E-state index >= 15 is 0 Å². The van der Waals surface area contributed by atoms with Gasteiger partial charge in [0.15, 0.2) is 0 Å². The molecule has 0 aromatic heterocycles. The lowest BCUT2D eigenvalue weighted by molar-refractivity contribution is -0.132. The molecule has 0 saturated carbocycles. The highest BCUT2D eigenvalue weighted by Crippen LogP contribution is 2.47. The molecule has 1 aliphatic heterocycles. The summed E-state index contributed by atoms with van der Waals surface area (Å²) in [7, 11) is 0. The van der Waals surface area contributed by atoms with Crippen LogP contribution < -0.4 is 0 Å². The van der Waals surface area contributed by atoms with Crippen molar-refractivity contribution in [2.75, 3.05) is 13.2 Å². The molecule has 0 radical (unpaired) electrons. The number of aldehydes is 1. The lowest BCUT2D eigenvalue weighted by Gasteiger charge is -2.39. The molecule has 1 aliphatic rings. The van der Waals surface area contributed by atoms with E-state index in [2.05, 4.69) is 0 Å². The zero-order valence-corrected chi connectivity index (χ0v) is 8.54. The quantitative estimate of drug-likeness (QED) is 0.669. The highest BCUT2D eigenvalue weighted by atomic mass is 16.5. The molecule has 0 bridgehead atoms. The number of carbonyl (C=O) groups excluding carboxylic acids is 1. The maximum atomic E-state index is 11.2. The first-order chi connectivity index (χ1) is 6.00. The second-order valence-corrected chi connectivity index (χ2v) is 4.35. The zero-order chi connectivity index (χ0) is 10.1. The first kappa shape index (κ1) is 10.7. The first-order valence-corrected chi connectivity index (χ1v) is 4.71. The minimum Gasteiger partial charge on any atom is -0.396 e. The van der Waals surface area contributed by atoms with E-state index in [0.717, 1.165) is 6.29 Å². The largest absolute Gasteiger partial charge is 0.396 e. The van der Waals surface area contributed by atoms with E-state index < -0.39 is 11.0 Å². The Hall–Kier alpha value is -0.410. The Labute approximate surface area is 79.1 Å². The van der Waals surface area contributed by atoms with Crippen LogP contribution in [0.4, 0.5) is 0 Å². The van der Waals surface area contributed by atoms with E-state index in [1.165, 1.54) is 0 Å². The van der Waals surface area contributed by atoms with Crippen molar-refractivity contribution in [1.29, 1.82) is 0 Å². The number of rotatable bonds is 3. The number of hydrogen-bond acceptors (Lipinski definition) is 3. The van der Waals surface area contributed by atoms with Crippen molar-refractivity contribution < 1.29 is 14.6 Å². The Morgan fingerprint density at radius 3 is 2.54 bits per heavy atom. The van der Waals surface area contributed by atoms with Gasteiger partial charge in [0.05, 0.1) is 11.0 Å².